The van der Waals surface area contributed by atoms with E-state index < -0.39 is 16.6 Å². The maximum absolute atomic E-state index is 12.4. The summed E-state index contributed by atoms with van der Waals surface area (Å²) in [6, 6.07) is 1.94. The molecule has 1 atom stereocenters. The van der Waals surface area contributed by atoms with E-state index >= 15 is 0 Å². The molecule has 0 radical (unpaired) electrons. The Hall–Kier alpha value is -1.81. The lowest BCUT2D eigenvalue weighted by atomic mass is 10.2. The number of hydrogen-bond donors (Lipinski definition) is 1. The van der Waals surface area contributed by atoms with Crippen molar-refractivity contribution in [1.29, 1.82) is 0 Å². The zero-order valence-electron chi connectivity index (χ0n) is 13.1. The number of halogens is 2. The van der Waals surface area contributed by atoms with Crippen molar-refractivity contribution < 1.29 is 17.2 Å². The van der Waals surface area contributed by atoms with E-state index in [9.17, 15) is 17.2 Å². The first-order valence-corrected chi connectivity index (χ1v) is 8.50. The molecule has 0 fully saturated rings. The highest BCUT2D eigenvalue weighted by Gasteiger charge is 2.19. The molecule has 0 amide bonds. The van der Waals surface area contributed by atoms with Crippen LogP contribution in [0.4, 0.5) is 8.78 Å². The summed E-state index contributed by atoms with van der Waals surface area (Å²) in [5.74, 6) is -0.0204. The Morgan fingerprint density at radius 1 is 1.35 bits per heavy atom. The van der Waals surface area contributed by atoms with Gasteiger partial charge in [0.15, 0.2) is 0 Å². The van der Waals surface area contributed by atoms with Crippen molar-refractivity contribution in [2.45, 2.75) is 38.8 Å². The summed E-state index contributed by atoms with van der Waals surface area (Å²) in [4.78, 5) is -0.281. The number of rotatable bonds is 7. The van der Waals surface area contributed by atoms with E-state index in [2.05, 4.69) is 14.9 Å². The van der Waals surface area contributed by atoms with E-state index in [-0.39, 0.29) is 17.4 Å². The normalized spacial score (nSPS) is 13.7. The van der Waals surface area contributed by atoms with Crippen molar-refractivity contribution in [3.05, 3.63) is 29.8 Å². The monoisotopic (exact) mass is 347 g/mol. The molecular weight excluding hydrogens is 328 g/mol. The molecule has 2 aromatic heterocycles. The summed E-state index contributed by atoms with van der Waals surface area (Å²) in [6.07, 6.45) is 1.71. The molecule has 7 nitrogen and oxygen atoms in total. The molecule has 23 heavy (non-hydrogen) atoms. The summed E-state index contributed by atoms with van der Waals surface area (Å²) in [7, 11) is -3.86. The fraction of sp³-hybridized carbons (Fsp3) is 0.538. The lowest BCUT2D eigenvalue weighted by Crippen LogP contribution is -2.30. The van der Waals surface area contributed by atoms with Gasteiger partial charge in [-0.2, -0.15) is 19.0 Å². The second-order valence-electron chi connectivity index (χ2n) is 5.50. The van der Waals surface area contributed by atoms with Gasteiger partial charge in [-0.1, -0.05) is 6.92 Å². The highest BCUT2D eigenvalue weighted by atomic mass is 32.2. The van der Waals surface area contributed by atoms with Crippen LogP contribution in [0.15, 0.2) is 23.4 Å². The average Bonchev–Trinajstić information content (AvgIpc) is 3.05. The largest absolute Gasteiger partial charge is 0.333 e. The van der Waals surface area contributed by atoms with Crippen LogP contribution in [0.1, 0.15) is 24.9 Å². The minimum Gasteiger partial charge on any atom is -0.269 e. The molecule has 2 heterocycles. The minimum atomic E-state index is -3.86. The van der Waals surface area contributed by atoms with Crippen molar-refractivity contribution in [3.8, 4) is 0 Å². The highest BCUT2D eigenvalue weighted by molar-refractivity contribution is 7.89. The molecule has 2 rings (SSSR count). The second kappa shape index (κ2) is 6.75. The van der Waals surface area contributed by atoms with Crippen molar-refractivity contribution >= 4 is 10.0 Å². The maximum Gasteiger partial charge on any atom is 0.333 e. The Kier molecular flexibility index (Phi) is 5.15. The van der Waals surface area contributed by atoms with Crippen LogP contribution in [-0.2, 0) is 16.6 Å². The molecule has 0 bridgehead atoms. The number of sulfonamides is 1. The average molecular weight is 347 g/mol. The fourth-order valence-electron chi connectivity index (χ4n) is 2.12. The van der Waals surface area contributed by atoms with E-state index in [0.717, 1.165) is 23.8 Å². The lowest BCUT2D eigenvalue weighted by molar-refractivity contribution is 0.0564. The Morgan fingerprint density at radius 3 is 2.57 bits per heavy atom. The maximum atomic E-state index is 12.4. The Morgan fingerprint density at radius 2 is 2.04 bits per heavy atom. The van der Waals surface area contributed by atoms with E-state index in [1.807, 2.05) is 31.5 Å². The van der Waals surface area contributed by atoms with Crippen molar-refractivity contribution in [2.24, 2.45) is 5.92 Å². The third-order valence-electron chi connectivity index (χ3n) is 3.30. The van der Waals surface area contributed by atoms with Gasteiger partial charge in [0.1, 0.15) is 4.90 Å². The van der Waals surface area contributed by atoms with Gasteiger partial charge in [-0.15, -0.1) is 0 Å². The number of aromatic nitrogens is 4. The highest BCUT2D eigenvalue weighted by Crippen LogP contribution is 2.14. The van der Waals surface area contributed by atoms with Crippen LogP contribution in [0.2, 0.25) is 0 Å². The van der Waals surface area contributed by atoms with Crippen molar-refractivity contribution in [1.82, 2.24) is 24.3 Å². The quantitative estimate of drug-likeness (QED) is 0.827. The van der Waals surface area contributed by atoms with Crippen molar-refractivity contribution in [2.75, 3.05) is 6.54 Å². The number of nitrogens with one attached hydrogen (secondary N) is 1. The first-order valence-electron chi connectivity index (χ1n) is 7.02. The smallest absolute Gasteiger partial charge is 0.269 e. The van der Waals surface area contributed by atoms with Crippen LogP contribution in [-0.4, -0.2) is 34.5 Å². The van der Waals surface area contributed by atoms with Gasteiger partial charge in [0, 0.05) is 18.8 Å². The Labute approximate surface area is 133 Å². The van der Waals surface area contributed by atoms with Crippen LogP contribution in [0, 0.1) is 19.8 Å². The summed E-state index contributed by atoms with van der Waals surface area (Å²) in [6.45, 7) is 3.54. The second-order valence-corrected chi connectivity index (χ2v) is 7.27. The first-order chi connectivity index (χ1) is 10.7. The molecule has 0 aliphatic heterocycles. The van der Waals surface area contributed by atoms with Gasteiger partial charge >= 0.3 is 6.55 Å². The molecule has 10 heteroatoms. The number of hydrogen-bond acceptors (Lipinski definition) is 4. The summed E-state index contributed by atoms with van der Waals surface area (Å²) < 4.78 is 53.5. The molecule has 0 aromatic carbocycles. The number of alkyl halides is 2. The van der Waals surface area contributed by atoms with E-state index in [4.69, 9.17) is 0 Å². The van der Waals surface area contributed by atoms with Crippen LogP contribution in [0.3, 0.4) is 0 Å². The van der Waals surface area contributed by atoms with Crippen molar-refractivity contribution in [3.63, 3.8) is 0 Å². The molecule has 0 saturated carbocycles. The third-order valence-corrected chi connectivity index (χ3v) is 4.68. The molecule has 0 saturated heterocycles. The van der Waals surface area contributed by atoms with Crippen LogP contribution in [0.25, 0.3) is 0 Å². The molecular formula is C13H19F2N5O2S. The standard InChI is InChI=1S/C13H19F2N5O2S/c1-9(7-19-11(3)4-10(2)18-19)5-17-23(21,22)12-6-16-20(8-12)13(14)15/h4,6,8-9,13,17H,5,7H2,1-3H3/t9-/m0/s1. The summed E-state index contributed by atoms with van der Waals surface area (Å²) in [5.41, 5.74) is 1.89. The number of nitrogens with zero attached hydrogens (tertiary/aromatic N) is 4. The predicted molar refractivity (Wildman–Crippen MR) is 79.5 cm³/mol. The predicted octanol–water partition coefficient (Wildman–Crippen LogP) is 1.71. The SMILES string of the molecule is Cc1cc(C)n(C[C@@H](C)CNS(=O)(=O)c2cnn(C(F)F)c2)n1. The van der Waals surface area contributed by atoms with Gasteiger partial charge in [0.05, 0.1) is 18.1 Å². The molecule has 0 aliphatic rings. The molecule has 128 valence electrons. The Bertz CT molecular complexity index is 769. The molecule has 1 N–H and O–H groups in total. The van der Waals surface area contributed by atoms with Crippen LogP contribution in [0.5, 0.6) is 0 Å². The van der Waals surface area contributed by atoms with Gasteiger partial charge in [-0.25, -0.2) is 17.8 Å². The zero-order chi connectivity index (χ0) is 17.2. The minimum absolute atomic E-state index is 0.0204. The van der Waals surface area contributed by atoms with Gasteiger partial charge in [-0.3, -0.25) is 4.68 Å². The number of aryl methyl sites for hydroxylation is 2. The molecule has 2 aromatic rings. The molecule has 0 aliphatic carbocycles. The van der Waals surface area contributed by atoms with E-state index in [1.54, 1.807) is 0 Å². The van der Waals surface area contributed by atoms with E-state index in [0.29, 0.717) is 11.2 Å². The fourth-order valence-corrected chi connectivity index (χ4v) is 3.22. The molecule has 0 unspecified atom stereocenters. The van der Waals surface area contributed by atoms with Crippen LogP contribution >= 0.6 is 0 Å². The summed E-state index contributed by atoms with van der Waals surface area (Å²) >= 11 is 0. The Balaban J connectivity index is 1.96. The third kappa shape index (κ3) is 4.35. The summed E-state index contributed by atoms with van der Waals surface area (Å²) in [5, 5.41) is 7.64. The van der Waals surface area contributed by atoms with Gasteiger partial charge in [0.25, 0.3) is 0 Å². The van der Waals surface area contributed by atoms with Crippen LogP contribution < -0.4 is 4.72 Å². The zero-order valence-corrected chi connectivity index (χ0v) is 13.9. The van der Waals surface area contributed by atoms with Gasteiger partial charge in [-0.05, 0) is 25.8 Å². The van der Waals surface area contributed by atoms with Gasteiger partial charge in [0.2, 0.25) is 10.0 Å². The lowest BCUT2D eigenvalue weighted by Gasteiger charge is -2.13. The molecule has 0 spiro atoms. The topological polar surface area (TPSA) is 81.8 Å². The van der Waals surface area contributed by atoms with E-state index in [1.165, 1.54) is 0 Å². The first kappa shape index (κ1) is 17.5. The van der Waals surface area contributed by atoms with Gasteiger partial charge < -0.3 is 0 Å².